The van der Waals surface area contributed by atoms with E-state index < -0.39 is 11.9 Å². The molecule has 0 saturated carbocycles. The van der Waals surface area contributed by atoms with Crippen LogP contribution in [0.15, 0.2) is 39.4 Å². The van der Waals surface area contributed by atoms with Gasteiger partial charge in [0.05, 0.1) is 12.2 Å². The summed E-state index contributed by atoms with van der Waals surface area (Å²) in [6.07, 6.45) is 2.11. The Morgan fingerprint density at radius 2 is 2.25 bits per heavy atom. The van der Waals surface area contributed by atoms with Crippen LogP contribution in [0.1, 0.15) is 18.9 Å². The second kappa shape index (κ2) is 5.89. The van der Waals surface area contributed by atoms with Gasteiger partial charge >= 0.3 is 5.85 Å². The maximum absolute atomic E-state index is 10.7. The van der Waals surface area contributed by atoms with Crippen molar-refractivity contribution in [3.63, 3.8) is 0 Å². The summed E-state index contributed by atoms with van der Waals surface area (Å²) in [5.41, 5.74) is 6.13. The van der Waals surface area contributed by atoms with Crippen molar-refractivity contribution in [2.24, 2.45) is 20.9 Å². The van der Waals surface area contributed by atoms with Crippen LogP contribution >= 0.6 is 0 Å². The minimum Gasteiger partial charge on any atom is -0.493 e. The number of nitroso groups, excluding NO2 is 1. The van der Waals surface area contributed by atoms with Crippen molar-refractivity contribution in [1.82, 2.24) is 0 Å². The second-order valence-electron chi connectivity index (χ2n) is 4.36. The summed E-state index contributed by atoms with van der Waals surface area (Å²) in [4.78, 5) is 18.6. The van der Waals surface area contributed by atoms with Gasteiger partial charge in [-0.2, -0.15) is 0 Å². The number of rotatable bonds is 5. The normalized spacial score (nSPS) is 25.1. The predicted octanol–water partition coefficient (Wildman–Crippen LogP) is 1.05. The Morgan fingerprint density at radius 1 is 1.50 bits per heavy atom. The van der Waals surface area contributed by atoms with Crippen LogP contribution in [0, 0.1) is 4.91 Å². The van der Waals surface area contributed by atoms with E-state index >= 15 is 0 Å². The average Bonchev–Trinajstić information content (AvgIpc) is 2.48. The summed E-state index contributed by atoms with van der Waals surface area (Å²) in [7, 11) is 0. The van der Waals surface area contributed by atoms with Crippen molar-refractivity contribution in [3.8, 4) is 5.75 Å². The smallest absolute Gasteiger partial charge is 0.315 e. The zero-order chi connectivity index (χ0) is 14.6. The standard InChI is InChI=1S/C13H16N4O3/c1-2-7-20-10-6-4-3-5-9(10)12-15-8-11(14)13(18,16-12)17-19/h3-6,8,11,18H,2,7,14H2,1H3/t11-,13+/m0/s1. The summed E-state index contributed by atoms with van der Waals surface area (Å²) >= 11 is 0. The molecule has 7 heteroatoms. The number of hydrogen-bond acceptors (Lipinski definition) is 7. The van der Waals surface area contributed by atoms with Crippen molar-refractivity contribution < 1.29 is 9.84 Å². The monoisotopic (exact) mass is 276 g/mol. The molecule has 1 aliphatic rings. The summed E-state index contributed by atoms with van der Waals surface area (Å²) in [6.45, 7) is 2.54. The topological polar surface area (TPSA) is 110 Å². The molecule has 0 aliphatic carbocycles. The molecule has 106 valence electrons. The van der Waals surface area contributed by atoms with Crippen molar-refractivity contribution in [3.05, 3.63) is 34.7 Å². The number of ether oxygens (including phenoxy) is 1. The molecule has 1 aromatic rings. The Labute approximate surface area is 116 Å². The number of amidine groups is 1. The van der Waals surface area contributed by atoms with Crippen molar-refractivity contribution in [1.29, 1.82) is 0 Å². The third-order valence-corrected chi connectivity index (χ3v) is 2.80. The maximum atomic E-state index is 10.7. The van der Waals surface area contributed by atoms with Gasteiger partial charge < -0.3 is 15.6 Å². The van der Waals surface area contributed by atoms with Gasteiger partial charge in [-0.05, 0) is 23.7 Å². The molecule has 2 rings (SSSR count). The van der Waals surface area contributed by atoms with Gasteiger partial charge in [-0.15, -0.1) is 4.91 Å². The van der Waals surface area contributed by atoms with Crippen molar-refractivity contribution in [2.75, 3.05) is 6.61 Å². The fraction of sp³-hybridized carbons (Fsp3) is 0.385. The molecule has 20 heavy (non-hydrogen) atoms. The van der Waals surface area contributed by atoms with E-state index in [0.717, 1.165) is 6.42 Å². The Morgan fingerprint density at radius 3 is 2.95 bits per heavy atom. The number of benzene rings is 1. The number of aliphatic hydroxyl groups is 1. The van der Waals surface area contributed by atoms with Crippen LogP contribution in [0.3, 0.4) is 0 Å². The Kier molecular flexibility index (Phi) is 4.21. The lowest BCUT2D eigenvalue weighted by Crippen LogP contribution is -2.48. The predicted molar refractivity (Wildman–Crippen MR) is 76.0 cm³/mol. The van der Waals surface area contributed by atoms with Gasteiger partial charge in [0, 0.05) is 6.21 Å². The van der Waals surface area contributed by atoms with Crippen LogP contribution in [-0.2, 0) is 0 Å². The van der Waals surface area contributed by atoms with Crippen LogP contribution in [0.25, 0.3) is 0 Å². The molecule has 3 N–H and O–H groups in total. The molecule has 1 aromatic carbocycles. The van der Waals surface area contributed by atoms with Crippen LogP contribution < -0.4 is 10.5 Å². The zero-order valence-electron chi connectivity index (χ0n) is 11.1. The lowest BCUT2D eigenvalue weighted by Gasteiger charge is -2.24. The van der Waals surface area contributed by atoms with Gasteiger partial charge in [0.1, 0.15) is 11.8 Å². The number of aliphatic imine (C=N–C) groups is 2. The van der Waals surface area contributed by atoms with E-state index in [1.165, 1.54) is 6.21 Å². The van der Waals surface area contributed by atoms with Crippen LogP contribution in [0.4, 0.5) is 0 Å². The average molecular weight is 276 g/mol. The highest BCUT2D eigenvalue weighted by Gasteiger charge is 2.38. The molecule has 1 aliphatic heterocycles. The first-order valence-corrected chi connectivity index (χ1v) is 6.29. The molecule has 7 nitrogen and oxygen atoms in total. The summed E-state index contributed by atoms with van der Waals surface area (Å²) in [5, 5.41) is 12.5. The fourth-order valence-corrected chi connectivity index (χ4v) is 1.71. The highest BCUT2D eigenvalue weighted by atomic mass is 16.5. The van der Waals surface area contributed by atoms with Gasteiger partial charge in [-0.1, -0.05) is 19.1 Å². The van der Waals surface area contributed by atoms with Crippen LogP contribution in [0.2, 0.25) is 0 Å². The first kappa shape index (κ1) is 14.3. The van der Waals surface area contributed by atoms with E-state index in [1.54, 1.807) is 18.2 Å². The summed E-state index contributed by atoms with van der Waals surface area (Å²) in [5.74, 6) is -1.48. The van der Waals surface area contributed by atoms with E-state index in [0.29, 0.717) is 17.9 Å². The van der Waals surface area contributed by atoms with E-state index in [1.807, 2.05) is 13.0 Å². The first-order chi connectivity index (χ1) is 9.60. The number of nitrogens with zero attached hydrogens (tertiary/aromatic N) is 3. The lowest BCUT2D eigenvalue weighted by atomic mass is 10.1. The Hall–Kier alpha value is -2.12. The van der Waals surface area contributed by atoms with E-state index in [9.17, 15) is 10.0 Å². The molecule has 0 unspecified atom stereocenters. The largest absolute Gasteiger partial charge is 0.493 e. The molecule has 0 radical (unpaired) electrons. The molecule has 1 heterocycles. The quantitative estimate of drug-likeness (QED) is 0.783. The number of nitrogens with two attached hydrogens (primary N) is 1. The highest BCUT2D eigenvalue weighted by molar-refractivity contribution is 6.07. The first-order valence-electron chi connectivity index (χ1n) is 6.29. The summed E-state index contributed by atoms with van der Waals surface area (Å²) in [6, 6.07) is 6.05. The van der Waals surface area contributed by atoms with Crippen molar-refractivity contribution >= 4 is 12.1 Å². The molecule has 0 aromatic heterocycles. The SMILES string of the molecule is CCCOc1ccccc1C1=N[C@@](O)(N=O)[C@@H](N)C=N1. The molecule has 0 amide bonds. The zero-order valence-corrected chi connectivity index (χ0v) is 11.1. The Balaban J connectivity index is 2.39. The van der Waals surface area contributed by atoms with Crippen LogP contribution in [-0.4, -0.2) is 35.7 Å². The molecule has 0 spiro atoms. The van der Waals surface area contributed by atoms with Gasteiger partial charge in [0.15, 0.2) is 5.84 Å². The lowest BCUT2D eigenvalue weighted by molar-refractivity contribution is 0.0502. The second-order valence-corrected chi connectivity index (χ2v) is 4.36. The highest BCUT2D eigenvalue weighted by Crippen LogP contribution is 2.24. The van der Waals surface area contributed by atoms with E-state index in [-0.39, 0.29) is 5.84 Å². The third kappa shape index (κ3) is 2.73. The van der Waals surface area contributed by atoms with Gasteiger partial charge in [0.2, 0.25) is 0 Å². The minimum atomic E-state index is -2.23. The van der Waals surface area contributed by atoms with Gasteiger partial charge in [0.25, 0.3) is 0 Å². The molecule has 0 fully saturated rings. The van der Waals surface area contributed by atoms with E-state index in [4.69, 9.17) is 10.5 Å². The van der Waals surface area contributed by atoms with Gasteiger partial charge in [-0.3, -0.25) is 0 Å². The van der Waals surface area contributed by atoms with Gasteiger partial charge in [-0.25, -0.2) is 9.98 Å². The molecule has 2 atom stereocenters. The molecular formula is C13H16N4O3. The van der Waals surface area contributed by atoms with Crippen LogP contribution in [0.5, 0.6) is 5.75 Å². The van der Waals surface area contributed by atoms with E-state index in [2.05, 4.69) is 15.2 Å². The molecular weight excluding hydrogens is 260 g/mol. The number of para-hydroxylation sites is 1. The molecule has 0 saturated heterocycles. The number of hydrogen-bond donors (Lipinski definition) is 2. The Bertz CT molecular complexity index is 558. The maximum Gasteiger partial charge on any atom is 0.315 e. The molecule has 0 bridgehead atoms. The minimum absolute atomic E-state index is 0.167. The van der Waals surface area contributed by atoms with Crippen molar-refractivity contribution in [2.45, 2.75) is 25.2 Å². The fourth-order valence-electron chi connectivity index (χ4n) is 1.71. The summed E-state index contributed by atoms with van der Waals surface area (Å²) < 4.78 is 5.59. The third-order valence-electron chi connectivity index (χ3n) is 2.80.